The van der Waals surface area contributed by atoms with Crippen molar-refractivity contribution in [3.8, 4) is 0 Å². The molecule has 0 unspecified atom stereocenters. The summed E-state index contributed by atoms with van der Waals surface area (Å²) in [5.41, 5.74) is -1.32. The first-order valence-corrected chi connectivity index (χ1v) is 16.5. The van der Waals surface area contributed by atoms with Crippen molar-refractivity contribution in [2.24, 2.45) is 17.8 Å². The maximum atomic E-state index is 14.4. The summed E-state index contributed by atoms with van der Waals surface area (Å²) >= 11 is 0. The number of hydrogen-bond acceptors (Lipinski definition) is 7. The van der Waals surface area contributed by atoms with Crippen molar-refractivity contribution in [1.29, 1.82) is 0 Å². The van der Waals surface area contributed by atoms with E-state index in [1.807, 2.05) is 92.6 Å². The van der Waals surface area contributed by atoms with E-state index in [0.29, 0.717) is 0 Å². The van der Waals surface area contributed by atoms with Gasteiger partial charge in [0.1, 0.15) is 17.2 Å². The molecule has 0 spiro atoms. The summed E-state index contributed by atoms with van der Waals surface area (Å²) in [4.78, 5) is 58.0. The number of carbonyl (C=O) groups excluding carboxylic acids is 4. The molecule has 1 rings (SSSR count). The quantitative estimate of drug-likeness (QED) is 0.188. The maximum absolute atomic E-state index is 14.4. The molecule has 0 aliphatic rings. The highest BCUT2D eigenvalue weighted by atomic mass is 16.6. The van der Waals surface area contributed by atoms with Crippen LogP contribution in [0.15, 0.2) is 30.3 Å². The fourth-order valence-corrected chi connectivity index (χ4v) is 6.04. The highest BCUT2D eigenvalue weighted by Crippen LogP contribution is 2.34. The van der Waals surface area contributed by atoms with Crippen molar-refractivity contribution >= 4 is 23.8 Å². The summed E-state index contributed by atoms with van der Waals surface area (Å²) in [6.45, 7) is 22.5. The zero-order valence-corrected chi connectivity index (χ0v) is 31.2. The number of hydrogen-bond donors (Lipinski definition) is 0. The van der Waals surface area contributed by atoms with Gasteiger partial charge in [-0.15, -0.1) is 0 Å². The van der Waals surface area contributed by atoms with Crippen molar-refractivity contribution in [2.75, 3.05) is 21.2 Å². The molecule has 0 heterocycles. The van der Waals surface area contributed by atoms with Crippen molar-refractivity contribution in [3.05, 3.63) is 35.9 Å². The van der Waals surface area contributed by atoms with Gasteiger partial charge in [0.15, 0.2) is 5.78 Å². The molecule has 0 saturated carbocycles. The smallest absolute Gasteiger partial charge is 0.410 e. The highest BCUT2D eigenvalue weighted by molar-refractivity contribution is 5.93. The van der Waals surface area contributed by atoms with E-state index in [1.165, 1.54) is 12.0 Å². The molecule has 46 heavy (non-hydrogen) atoms. The Kier molecular flexibility index (Phi) is 15.0. The monoisotopic (exact) mass is 646 g/mol. The third-order valence-corrected chi connectivity index (χ3v) is 8.61. The van der Waals surface area contributed by atoms with Crippen LogP contribution in [-0.4, -0.2) is 84.1 Å². The number of carbonyl (C=O) groups is 4. The number of likely N-dealkylation sites (N-methyl/N-ethyl adjacent to an activating group) is 2. The van der Waals surface area contributed by atoms with Gasteiger partial charge in [-0.2, -0.15) is 0 Å². The van der Waals surface area contributed by atoms with Gasteiger partial charge in [0.2, 0.25) is 5.91 Å². The molecule has 0 radical (unpaired) electrons. The normalized spacial score (nSPS) is 15.7. The lowest BCUT2D eigenvalue weighted by Crippen LogP contribution is -2.56. The molecule has 1 aromatic carbocycles. The fourth-order valence-electron chi connectivity index (χ4n) is 6.04. The number of ether oxygens (including phenoxy) is 3. The number of benzene rings is 1. The van der Waals surface area contributed by atoms with Gasteiger partial charge in [-0.25, -0.2) is 4.79 Å². The summed E-state index contributed by atoms with van der Waals surface area (Å²) in [5.74, 6) is -1.72. The second-order valence-corrected chi connectivity index (χ2v) is 15.5. The predicted molar refractivity (Wildman–Crippen MR) is 182 cm³/mol. The Morgan fingerprint density at radius 1 is 0.783 bits per heavy atom. The molecule has 2 amide bonds. The number of methoxy groups -OCH3 is 1. The zero-order valence-electron chi connectivity index (χ0n) is 31.2. The fraction of sp³-hybridized carbons (Fsp3) is 0.730. The lowest BCUT2D eigenvalue weighted by Gasteiger charge is -2.42. The molecule has 0 aliphatic carbocycles. The van der Waals surface area contributed by atoms with Gasteiger partial charge in [-0.1, -0.05) is 78.3 Å². The average Bonchev–Trinajstić information content (AvgIpc) is 2.93. The minimum atomic E-state index is -0.909. The van der Waals surface area contributed by atoms with Crippen LogP contribution in [0.3, 0.4) is 0 Å². The molecule has 9 nitrogen and oxygen atoms in total. The summed E-state index contributed by atoms with van der Waals surface area (Å²) in [7, 11) is 4.84. The van der Waals surface area contributed by atoms with Gasteiger partial charge in [0, 0.05) is 39.0 Å². The van der Waals surface area contributed by atoms with Crippen molar-refractivity contribution < 1.29 is 33.4 Å². The van der Waals surface area contributed by atoms with E-state index >= 15 is 0 Å². The maximum Gasteiger partial charge on any atom is 0.410 e. The van der Waals surface area contributed by atoms with Crippen LogP contribution in [0.5, 0.6) is 0 Å². The van der Waals surface area contributed by atoms with Crippen LogP contribution in [0, 0.1) is 17.8 Å². The van der Waals surface area contributed by atoms with Crippen LogP contribution in [0.1, 0.15) is 108 Å². The molecular weight excluding hydrogens is 584 g/mol. The van der Waals surface area contributed by atoms with Crippen LogP contribution in [0.25, 0.3) is 0 Å². The first-order valence-electron chi connectivity index (χ1n) is 16.5. The zero-order chi connectivity index (χ0) is 35.8. The first-order chi connectivity index (χ1) is 21.0. The Morgan fingerprint density at radius 2 is 1.30 bits per heavy atom. The van der Waals surface area contributed by atoms with Crippen molar-refractivity contribution in [2.45, 2.75) is 137 Å². The van der Waals surface area contributed by atoms with Crippen molar-refractivity contribution in [1.82, 2.24) is 9.80 Å². The Balaban J connectivity index is 3.52. The third-order valence-electron chi connectivity index (χ3n) is 8.61. The Labute approximate surface area is 278 Å². The Hall–Kier alpha value is -2.94. The Morgan fingerprint density at radius 3 is 1.74 bits per heavy atom. The molecule has 9 heteroatoms. The second kappa shape index (κ2) is 16.8. The summed E-state index contributed by atoms with van der Waals surface area (Å²) in [6, 6.07) is 8.24. The van der Waals surface area contributed by atoms with E-state index in [4.69, 9.17) is 14.2 Å². The molecule has 1 aromatic rings. The van der Waals surface area contributed by atoms with E-state index < -0.39 is 52.8 Å². The third kappa shape index (κ3) is 11.7. The van der Waals surface area contributed by atoms with Gasteiger partial charge in [-0.05, 0) is 58.9 Å². The predicted octanol–water partition coefficient (Wildman–Crippen LogP) is 7.05. The molecule has 0 N–H and O–H groups in total. The van der Waals surface area contributed by atoms with Crippen molar-refractivity contribution in [3.63, 3.8) is 0 Å². The lowest BCUT2D eigenvalue weighted by atomic mass is 9.73. The van der Waals surface area contributed by atoms with Crippen LogP contribution in [-0.2, 0) is 34.0 Å². The SMILES string of the molecule is CC[C@H](C)[C@@H]([C@@H](CC(=O)OC(C)(C)C)OC)N(C)C(=O)[C@@H](CC(=O)[C@@H](N(C)C(=O)OC(C)(C)C)C(C)(C)c1ccccc1)C(C)C. The van der Waals surface area contributed by atoms with E-state index in [1.54, 1.807) is 39.8 Å². The summed E-state index contributed by atoms with van der Waals surface area (Å²) < 4.78 is 17.1. The number of Topliss-reactive ketones (excluding diaryl/α,β-unsaturated/α-hetero) is 1. The number of ketones is 1. The van der Waals surface area contributed by atoms with Crippen LogP contribution >= 0.6 is 0 Å². The summed E-state index contributed by atoms with van der Waals surface area (Å²) in [6.07, 6.45) is -0.562. The molecule has 5 atom stereocenters. The number of esters is 1. The highest BCUT2D eigenvalue weighted by Gasteiger charge is 2.45. The number of rotatable bonds is 15. The minimum absolute atomic E-state index is 0.00656. The average molecular weight is 647 g/mol. The minimum Gasteiger partial charge on any atom is -0.460 e. The van der Waals surface area contributed by atoms with Gasteiger partial charge in [-0.3, -0.25) is 14.4 Å². The van der Waals surface area contributed by atoms with Gasteiger partial charge in [0.25, 0.3) is 0 Å². The molecule has 262 valence electrons. The standard InChI is InChI=1S/C37H62N2O7/c1-16-25(4)31(29(44-15)23-30(41)45-35(5,6)7)38(13)33(42)27(24(2)3)22-28(40)32(39(14)34(43)46-36(8,9)10)37(11,12)26-20-18-17-19-21-26/h17-21,24-25,27,29,31-32H,16,22-23H2,1-15H3/t25-,27-,29+,31-,32+/m0/s1. The van der Waals surface area contributed by atoms with Gasteiger partial charge >= 0.3 is 12.1 Å². The molecule has 0 fully saturated rings. The topological polar surface area (TPSA) is 102 Å². The van der Waals surface area contributed by atoms with E-state index in [9.17, 15) is 19.2 Å². The molecular formula is C37H62N2O7. The molecule has 0 aromatic heterocycles. The Bertz CT molecular complexity index is 1150. The van der Waals surface area contributed by atoms with Crippen LogP contribution in [0.2, 0.25) is 0 Å². The van der Waals surface area contributed by atoms with Gasteiger partial charge in [0.05, 0.1) is 18.6 Å². The largest absolute Gasteiger partial charge is 0.460 e. The lowest BCUT2D eigenvalue weighted by molar-refractivity contribution is -0.161. The van der Waals surface area contributed by atoms with Gasteiger partial charge < -0.3 is 24.0 Å². The molecule has 0 aliphatic heterocycles. The number of amides is 2. The van der Waals surface area contributed by atoms with E-state index in [2.05, 4.69) is 0 Å². The second-order valence-electron chi connectivity index (χ2n) is 15.5. The molecule has 0 saturated heterocycles. The molecule has 0 bridgehead atoms. The number of nitrogens with zero attached hydrogens (tertiary/aromatic N) is 2. The van der Waals surface area contributed by atoms with Crippen LogP contribution < -0.4 is 0 Å². The van der Waals surface area contributed by atoms with E-state index in [-0.39, 0.29) is 36.4 Å². The van der Waals surface area contributed by atoms with Crippen LogP contribution in [0.4, 0.5) is 4.79 Å². The van der Waals surface area contributed by atoms with E-state index in [0.717, 1.165) is 12.0 Å². The summed E-state index contributed by atoms with van der Waals surface area (Å²) in [5, 5.41) is 0. The first kappa shape index (κ1) is 41.1.